The van der Waals surface area contributed by atoms with Gasteiger partial charge in [0, 0.05) is 31.4 Å². The van der Waals surface area contributed by atoms with Crippen LogP contribution in [0.5, 0.6) is 5.75 Å². The summed E-state index contributed by atoms with van der Waals surface area (Å²) < 4.78 is 28.7. The molecule has 2 heterocycles. The predicted molar refractivity (Wildman–Crippen MR) is 134 cm³/mol. The topological polar surface area (TPSA) is 110 Å². The first-order chi connectivity index (χ1) is 16.9. The average molecular weight is 504 g/mol. The number of amides is 1. The number of nitrogens with zero attached hydrogens (tertiary/aromatic N) is 2. The molecule has 2 N–H and O–H groups in total. The number of carboxylic acid groups (broad SMARTS) is 1. The molecule has 1 saturated heterocycles. The maximum atomic E-state index is 15.6. The number of halogens is 1. The number of aromatic nitrogens is 1. The number of ether oxygens (including phenoxy) is 2. The van der Waals surface area contributed by atoms with Crippen molar-refractivity contribution >= 4 is 28.7 Å². The molecular formula is C26H34FN3O6. The second-order valence-corrected chi connectivity index (χ2v) is 10.6. The molecule has 4 rings (SSSR count). The molecule has 1 amide bonds. The van der Waals surface area contributed by atoms with Crippen LogP contribution < -0.4 is 20.4 Å². The molecule has 0 radical (unpaired) electrons. The molecule has 0 unspecified atom stereocenters. The third kappa shape index (κ3) is 5.12. The Morgan fingerprint density at radius 3 is 2.56 bits per heavy atom. The van der Waals surface area contributed by atoms with Crippen LogP contribution in [0.4, 0.5) is 14.9 Å². The first-order valence-corrected chi connectivity index (χ1v) is 12.4. The van der Waals surface area contributed by atoms with Gasteiger partial charge in [-0.05, 0) is 65.9 Å². The lowest BCUT2D eigenvalue weighted by atomic mass is 10.0. The van der Waals surface area contributed by atoms with Crippen LogP contribution in [0.3, 0.4) is 0 Å². The molecular weight excluding hydrogens is 469 g/mol. The summed E-state index contributed by atoms with van der Waals surface area (Å²) >= 11 is 0. The number of carbonyl (C=O) groups is 2. The van der Waals surface area contributed by atoms with E-state index in [-0.39, 0.29) is 47.0 Å². The molecule has 1 aliphatic carbocycles. The van der Waals surface area contributed by atoms with E-state index in [9.17, 15) is 19.5 Å². The molecule has 36 heavy (non-hydrogen) atoms. The van der Waals surface area contributed by atoms with Crippen LogP contribution in [-0.4, -0.2) is 53.1 Å². The molecule has 1 saturated carbocycles. The standard InChI is InChI=1S/C26H34FN3O6/c1-6-35-23-20-17(22(31)18(24(32)33)13-30(20)16-7-8-16)11-19(27)21(23)29-10-9-15(12-29)14(2)28-25(34)36-26(3,4)5/h11,13-16H,6-10,12H2,1-5H3,(H,28,34)(H,32,33)/t14-,15+/m0/s1. The fourth-order valence-corrected chi connectivity index (χ4v) is 4.82. The van der Waals surface area contributed by atoms with E-state index in [1.54, 1.807) is 32.3 Å². The number of nitrogens with one attached hydrogen (secondary N) is 1. The molecule has 1 aromatic carbocycles. The molecule has 1 aliphatic heterocycles. The lowest BCUT2D eigenvalue weighted by Crippen LogP contribution is -2.42. The van der Waals surface area contributed by atoms with E-state index < -0.39 is 28.9 Å². The minimum atomic E-state index is -1.34. The van der Waals surface area contributed by atoms with Crippen molar-refractivity contribution in [3.05, 3.63) is 33.9 Å². The van der Waals surface area contributed by atoms with Gasteiger partial charge < -0.3 is 29.4 Å². The lowest BCUT2D eigenvalue weighted by Gasteiger charge is -2.27. The van der Waals surface area contributed by atoms with Gasteiger partial charge in [0.15, 0.2) is 11.6 Å². The van der Waals surface area contributed by atoms with E-state index in [1.807, 2.05) is 11.8 Å². The first kappa shape index (κ1) is 25.8. The van der Waals surface area contributed by atoms with Gasteiger partial charge in [0.05, 0.1) is 17.5 Å². The normalized spacial score (nSPS) is 18.8. The number of rotatable bonds is 7. The minimum Gasteiger partial charge on any atom is -0.489 e. The number of carbonyl (C=O) groups excluding carboxylic acids is 1. The highest BCUT2D eigenvalue weighted by molar-refractivity contribution is 5.97. The lowest BCUT2D eigenvalue weighted by molar-refractivity contribution is 0.0494. The molecule has 0 spiro atoms. The highest BCUT2D eigenvalue weighted by Gasteiger charge is 2.35. The van der Waals surface area contributed by atoms with Crippen molar-refractivity contribution in [1.29, 1.82) is 0 Å². The van der Waals surface area contributed by atoms with E-state index in [2.05, 4.69) is 5.32 Å². The number of hydrogen-bond acceptors (Lipinski definition) is 6. The smallest absolute Gasteiger partial charge is 0.407 e. The number of anilines is 1. The van der Waals surface area contributed by atoms with Gasteiger partial charge in [-0.25, -0.2) is 14.0 Å². The highest BCUT2D eigenvalue weighted by atomic mass is 19.1. The fraction of sp³-hybridized carbons (Fsp3) is 0.577. The SMILES string of the molecule is CCOc1c(N2CC[C@@H]([C@H](C)NC(=O)OC(C)(C)C)C2)c(F)cc2c(=O)c(C(=O)O)cn(C3CC3)c12. The van der Waals surface area contributed by atoms with Crippen molar-refractivity contribution in [2.75, 3.05) is 24.6 Å². The Labute approximate surface area is 209 Å². The van der Waals surface area contributed by atoms with Crippen molar-refractivity contribution in [2.24, 2.45) is 5.92 Å². The molecule has 1 aromatic heterocycles. The third-order valence-electron chi connectivity index (χ3n) is 6.65. The summed E-state index contributed by atoms with van der Waals surface area (Å²) in [5.74, 6) is -1.68. The Bertz CT molecular complexity index is 1250. The fourth-order valence-electron chi connectivity index (χ4n) is 4.82. The molecule has 10 heteroatoms. The van der Waals surface area contributed by atoms with Gasteiger partial charge in [-0.2, -0.15) is 0 Å². The van der Waals surface area contributed by atoms with E-state index >= 15 is 4.39 Å². The molecule has 0 bridgehead atoms. The highest BCUT2D eigenvalue weighted by Crippen LogP contribution is 2.45. The molecule has 2 atom stereocenters. The number of carboxylic acids is 1. The summed E-state index contributed by atoms with van der Waals surface area (Å²) in [6.07, 6.45) is 3.26. The molecule has 196 valence electrons. The van der Waals surface area contributed by atoms with Crippen LogP contribution in [0, 0.1) is 11.7 Å². The Morgan fingerprint density at radius 2 is 1.97 bits per heavy atom. The first-order valence-electron chi connectivity index (χ1n) is 12.4. The number of benzene rings is 1. The summed E-state index contributed by atoms with van der Waals surface area (Å²) in [6, 6.07) is 0.969. The van der Waals surface area contributed by atoms with E-state index in [1.165, 1.54) is 6.20 Å². The van der Waals surface area contributed by atoms with E-state index in [0.717, 1.165) is 18.9 Å². The van der Waals surface area contributed by atoms with Crippen molar-refractivity contribution in [1.82, 2.24) is 9.88 Å². The number of alkyl carbamates (subject to hydrolysis) is 1. The van der Waals surface area contributed by atoms with Crippen LogP contribution in [-0.2, 0) is 4.74 Å². The quantitative estimate of drug-likeness (QED) is 0.579. The second-order valence-electron chi connectivity index (χ2n) is 10.6. The largest absolute Gasteiger partial charge is 0.489 e. The summed E-state index contributed by atoms with van der Waals surface area (Å²) in [5, 5.41) is 12.4. The van der Waals surface area contributed by atoms with Crippen LogP contribution >= 0.6 is 0 Å². The Hall–Kier alpha value is -3.30. The molecule has 2 aliphatic rings. The van der Waals surface area contributed by atoms with Crippen molar-refractivity contribution < 1.29 is 28.6 Å². The van der Waals surface area contributed by atoms with Crippen LogP contribution in [0.1, 0.15) is 70.3 Å². The zero-order chi connectivity index (χ0) is 26.4. The Morgan fingerprint density at radius 1 is 1.28 bits per heavy atom. The Balaban J connectivity index is 1.71. The van der Waals surface area contributed by atoms with Gasteiger partial charge in [-0.15, -0.1) is 0 Å². The number of fused-ring (bicyclic) bond motifs is 1. The van der Waals surface area contributed by atoms with Crippen molar-refractivity contribution in [3.63, 3.8) is 0 Å². The second kappa shape index (κ2) is 9.63. The number of pyridine rings is 1. The summed E-state index contributed by atoms with van der Waals surface area (Å²) in [4.78, 5) is 38.8. The summed E-state index contributed by atoms with van der Waals surface area (Å²) in [6.45, 7) is 10.3. The average Bonchev–Trinajstić information content (AvgIpc) is 3.49. The summed E-state index contributed by atoms with van der Waals surface area (Å²) in [5.41, 5.74) is -1.03. The Kier molecular flexibility index (Phi) is 6.90. The maximum absolute atomic E-state index is 15.6. The monoisotopic (exact) mass is 503 g/mol. The number of aromatic carboxylic acids is 1. The minimum absolute atomic E-state index is 0.00204. The molecule has 9 nitrogen and oxygen atoms in total. The molecule has 2 fully saturated rings. The van der Waals surface area contributed by atoms with Gasteiger partial charge in [0.25, 0.3) is 0 Å². The van der Waals surface area contributed by atoms with Crippen LogP contribution in [0.25, 0.3) is 10.9 Å². The van der Waals surface area contributed by atoms with Crippen molar-refractivity contribution in [3.8, 4) is 5.75 Å². The van der Waals surface area contributed by atoms with E-state index in [4.69, 9.17) is 9.47 Å². The van der Waals surface area contributed by atoms with Gasteiger partial charge in [0.1, 0.15) is 16.9 Å². The zero-order valence-electron chi connectivity index (χ0n) is 21.4. The van der Waals surface area contributed by atoms with Gasteiger partial charge in [0.2, 0.25) is 5.43 Å². The van der Waals surface area contributed by atoms with Crippen molar-refractivity contribution in [2.45, 2.75) is 71.6 Å². The van der Waals surface area contributed by atoms with Crippen LogP contribution in [0.2, 0.25) is 0 Å². The summed E-state index contributed by atoms with van der Waals surface area (Å²) in [7, 11) is 0. The molecule has 2 aromatic rings. The predicted octanol–water partition coefficient (Wildman–Crippen LogP) is 4.31. The van der Waals surface area contributed by atoms with Gasteiger partial charge in [-0.3, -0.25) is 4.79 Å². The zero-order valence-corrected chi connectivity index (χ0v) is 21.4. The van der Waals surface area contributed by atoms with Gasteiger partial charge >= 0.3 is 12.1 Å². The van der Waals surface area contributed by atoms with E-state index in [0.29, 0.717) is 25.0 Å². The van der Waals surface area contributed by atoms with Gasteiger partial charge in [-0.1, -0.05) is 0 Å². The maximum Gasteiger partial charge on any atom is 0.407 e. The number of hydrogen-bond donors (Lipinski definition) is 2. The van der Waals surface area contributed by atoms with Crippen LogP contribution in [0.15, 0.2) is 17.1 Å². The third-order valence-corrected chi connectivity index (χ3v) is 6.65.